The molecule has 3 heterocycles. The Morgan fingerprint density at radius 2 is 1.71 bits per heavy atom. The Hall–Kier alpha value is -3.62. The van der Waals surface area contributed by atoms with Crippen molar-refractivity contribution < 1.29 is 23.9 Å². The molecule has 35 heavy (non-hydrogen) atoms. The van der Waals surface area contributed by atoms with E-state index in [2.05, 4.69) is 0 Å². The van der Waals surface area contributed by atoms with E-state index in [9.17, 15) is 19.2 Å². The molecule has 2 amide bonds. The molecule has 0 saturated carbocycles. The van der Waals surface area contributed by atoms with Crippen molar-refractivity contribution in [2.45, 2.75) is 45.7 Å². The number of hydrogen-bond donors (Lipinski definition) is 0. The van der Waals surface area contributed by atoms with Crippen molar-refractivity contribution >= 4 is 17.8 Å². The Labute approximate surface area is 204 Å². The van der Waals surface area contributed by atoms with Crippen LogP contribution in [0.5, 0.6) is 5.75 Å². The molecule has 0 aliphatic carbocycles. The molecule has 0 N–H and O–H groups in total. The van der Waals surface area contributed by atoms with E-state index in [-0.39, 0.29) is 35.2 Å². The molecule has 1 aromatic heterocycles. The van der Waals surface area contributed by atoms with E-state index in [0.717, 1.165) is 11.1 Å². The Balaban J connectivity index is 1.68. The van der Waals surface area contributed by atoms with Crippen LogP contribution >= 0.6 is 0 Å². The summed E-state index contributed by atoms with van der Waals surface area (Å²) in [5.74, 6) is -0.763. The molecule has 1 fully saturated rings. The van der Waals surface area contributed by atoms with E-state index >= 15 is 0 Å². The van der Waals surface area contributed by atoms with E-state index in [1.54, 1.807) is 9.47 Å². The Kier molecular flexibility index (Phi) is 6.95. The van der Waals surface area contributed by atoms with Gasteiger partial charge in [0.1, 0.15) is 17.4 Å². The molecule has 2 aliphatic rings. The molecular weight excluding hydrogens is 450 g/mol. The van der Waals surface area contributed by atoms with Crippen molar-refractivity contribution in [3.8, 4) is 5.75 Å². The zero-order valence-electron chi connectivity index (χ0n) is 20.6. The molecule has 186 valence electrons. The molecule has 0 spiro atoms. The molecule has 4 rings (SSSR count). The number of methoxy groups -OCH3 is 2. The van der Waals surface area contributed by atoms with E-state index in [1.807, 2.05) is 32.0 Å². The van der Waals surface area contributed by atoms with E-state index in [1.165, 1.54) is 25.2 Å². The highest BCUT2D eigenvalue weighted by atomic mass is 16.5. The Morgan fingerprint density at radius 1 is 0.943 bits per heavy atom. The fraction of sp³-hybridized carbons (Fsp3) is 0.462. The minimum atomic E-state index is -0.668. The van der Waals surface area contributed by atoms with Crippen LogP contribution in [0.3, 0.4) is 0 Å². The highest BCUT2D eigenvalue weighted by Crippen LogP contribution is 2.29. The smallest absolute Gasteiger partial charge is 0.328 e. The number of pyridine rings is 1. The lowest BCUT2D eigenvalue weighted by molar-refractivity contribution is -0.145. The van der Waals surface area contributed by atoms with Crippen LogP contribution in [0.4, 0.5) is 0 Å². The summed E-state index contributed by atoms with van der Waals surface area (Å²) in [6, 6.07) is 6.25. The van der Waals surface area contributed by atoms with Gasteiger partial charge in [-0.1, -0.05) is 6.07 Å². The quantitative estimate of drug-likeness (QED) is 0.619. The fourth-order valence-electron chi connectivity index (χ4n) is 4.94. The highest BCUT2D eigenvalue weighted by Gasteiger charge is 2.38. The zero-order valence-corrected chi connectivity index (χ0v) is 20.6. The normalized spacial score (nSPS) is 17.5. The summed E-state index contributed by atoms with van der Waals surface area (Å²) < 4.78 is 11.9. The van der Waals surface area contributed by atoms with Crippen molar-refractivity contribution in [1.82, 2.24) is 14.4 Å². The first kappa shape index (κ1) is 24.5. The molecule has 0 bridgehead atoms. The first-order valence-corrected chi connectivity index (χ1v) is 11.8. The lowest BCUT2D eigenvalue weighted by Gasteiger charge is -2.25. The molecule has 2 aliphatic heterocycles. The number of benzene rings is 1. The molecule has 1 saturated heterocycles. The van der Waals surface area contributed by atoms with Crippen LogP contribution in [0, 0.1) is 13.8 Å². The second-order valence-electron chi connectivity index (χ2n) is 9.05. The molecule has 1 aromatic carbocycles. The average Bonchev–Trinajstić information content (AvgIpc) is 3.24. The number of carbonyl (C=O) groups excluding carboxylic acids is 3. The number of fused-ring (bicyclic) bond motifs is 1. The van der Waals surface area contributed by atoms with Crippen LogP contribution in [-0.2, 0) is 22.5 Å². The number of hydrogen-bond acceptors (Lipinski definition) is 6. The van der Waals surface area contributed by atoms with Crippen LogP contribution in [-0.4, -0.2) is 72.0 Å². The van der Waals surface area contributed by atoms with Crippen molar-refractivity contribution in [2.24, 2.45) is 0 Å². The largest absolute Gasteiger partial charge is 0.496 e. The molecule has 2 aromatic rings. The van der Waals surface area contributed by atoms with Crippen molar-refractivity contribution in [3.63, 3.8) is 0 Å². The summed E-state index contributed by atoms with van der Waals surface area (Å²) in [7, 11) is 2.72. The predicted molar refractivity (Wildman–Crippen MR) is 129 cm³/mol. The lowest BCUT2D eigenvalue weighted by Crippen LogP contribution is -2.42. The molecule has 0 radical (unpaired) electrons. The van der Waals surface area contributed by atoms with Gasteiger partial charge in [0.15, 0.2) is 0 Å². The maximum absolute atomic E-state index is 13.7. The fourth-order valence-corrected chi connectivity index (χ4v) is 4.94. The summed E-state index contributed by atoms with van der Waals surface area (Å²) in [6.07, 6.45) is 1.51. The second kappa shape index (κ2) is 9.93. The van der Waals surface area contributed by atoms with Gasteiger partial charge in [-0.25, -0.2) is 4.79 Å². The van der Waals surface area contributed by atoms with Gasteiger partial charge < -0.3 is 23.8 Å². The summed E-state index contributed by atoms with van der Waals surface area (Å²) in [5, 5.41) is 0. The molecule has 9 heteroatoms. The number of esters is 1. The third-order valence-electron chi connectivity index (χ3n) is 7.06. The minimum absolute atomic E-state index is 0.112. The van der Waals surface area contributed by atoms with Gasteiger partial charge in [-0.3, -0.25) is 14.4 Å². The van der Waals surface area contributed by atoms with Crippen LogP contribution in [0.25, 0.3) is 0 Å². The van der Waals surface area contributed by atoms with Crippen LogP contribution in [0.2, 0.25) is 0 Å². The van der Waals surface area contributed by atoms with Gasteiger partial charge in [0, 0.05) is 49.9 Å². The van der Waals surface area contributed by atoms with Gasteiger partial charge in [0.05, 0.1) is 14.2 Å². The molecular formula is C26H31N3O6. The van der Waals surface area contributed by atoms with Gasteiger partial charge in [-0.15, -0.1) is 0 Å². The average molecular weight is 482 g/mol. The maximum atomic E-state index is 13.7. The third kappa shape index (κ3) is 4.54. The minimum Gasteiger partial charge on any atom is -0.496 e. The number of carbonyl (C=O) groups is 3. The number of rotatable bonds is 4. The zero-order chi connectivity index (χ0) is 25.3. The standard InChI is InChI=1S/C26H31N3O6/c1-16-7-8-18(14-17(16)2)24(31)27-11-9-19-23(21(34-3)15-22(30)28(19)13-12-27)25(32)29-10-5-6-20(29)26(33)35-4/h7-8,14-15,20H,5-6,9-13H2,1-4H3/t20-/m0/s1. The SMILES string of the molecule is COC(=O)[C@@H]1CCCN1C(=O)c1c(OC)cc(=O)n2c1CCN(C(=O)c1ccc(C)c(C)c1)CC2. The maximum Gasteiger partial charge on any atom is 0.328 e. The van der Waals surface area contributed by atoms with Gasteiger partial charge in [0.2, 0.25) is 0 Å². The highest BCUT2D eigenvalue weighted by molar-refractivity contribution is 6.00. The number of aromatic nitrogens is 1. The monoisotopic (exact) mass is 481 g/mol. The molecule has 9 nitrogen and oxygen atoms in total. The molecule has 1 atom stereocenters. The van der Waals surface area contributed by atoms with Crippen molar-refractivity contribution in [1.29, 1.82) is 0 Å². The molecule has 0 unspecified atom stereocenters. The van der Waals surface area contributed by atoms with Crippen molar-refractivity contribution in [2.75, 3.05) is 33.9 Å². The number of ether oxygens (including phenoxy) is 2. The Morgan fingerprint density at radius 3 is 2.40 bits per heavy atom. The van der Waals surface area contributed by atoms with E-state index in [4.69, 9.17) is 9.47 Å². The van der Waals surface area contributed by atoms with E-state index in [0.29, 0.717) is 50.2 Å². The summed E-state index contributed by atoms with van der Waals surface area (Å²) >= 11 is 0. The summed E-state index contributed by atoms with van der Waals surface area (Å²) in [4.78, 5) is 55.3. The number of likely N-dealkylation sites (tertiary alicyclic amines) is 1. The summed E-state index contributed by atoms with van der Waals surface area (Å²) in [6.45, 7) is 5.32. The number of aryl methyl sites for hydroxylation is 2. The topological polar surface area (TPSA) is 98.2 Å². The van der Waals surface area contributed by atoms with Crippen LogP contribution in [0.1, 0.15) is 50.4 Å². The first-order valence-electron chi connectivity index (χ1n) is 11.8. The van der Waals surface area contributed by atoms with Gasteiger partial charge >= 0.3 is 5.97 Å². The van der Waals surface area contributed by atoms with Crippen LogP contribution in [0.15, 0.2) is 29.1 Å². The van der Waals surface area contributed by atoms with E-state index < -0.39 is 12.0 Å². The van der Waals surface area contributed by atoms with Gasteiger partial charge in [-0.05, 0) is 49.9 Å². The summed E-state index contributed by atoms with van der Waals surface area (Å²) in [5.41, 5.74) is 3.24. The van der Waals surface area contributed by atoms with Crippen LogP contribution < -0.4 is 10.3 Å². The number of amides is 2. The van der Waals surface area contributed by atoms with Crippen molar-refractivity contribution in [3.05, 3.63) is 62.6 Å². The lowest BCUT2D eigenvalue weighted by atomic mass is 10.0. The second-order valence-corrected chi connectivity index (χ2v) is 9.05. The predicted octanol–water partition coefficient (Wildman–Crippen LogP) is 1.95. The first-order chi connectivity index (χ1) is 16.8. The van der Waals surface area contributed by atoms with Gasteiger partial charge in [-0.2, -0.15) is 0 Å². The van der Waals surface area contributed by atoms with Gasteiger partial charge in [0.25, 0.3) is 17.4 Å². The third-order valence-corrected chi connectivity index (χ3v) is 7.06. The number of nitrogens with zero attached hydrogens (tertiary/aromatic N) is 3. The Bertz CT molecular complexity index is 1230.